The predicted octanol–water partition coefficient (Wildman–Crippen LogP) is 3.10. The fourth-order valence-electron chi connectivity index (χ4n) is 1.31. The first-order valence-electron chi connectivity index (χ1n) is 6.20. The van der Waals surface area contributed by atoms with Gasteiger partial charge >= 0.3 is 0 Å². The van der Waals surface area contributed by atoms with E-state index in [2.05, 4.69) is 20.8 Å². The van der Waals surface area contributed by atoms with Gasteiger partial charge in [0.1, 0.15) is 5.75 Å². The van der Waals surface area contributed by atoms with Gasteiger partial charge in [-0.1, -0.05) is 26.0 Å². The molecule has 2 N–H and O–H groups in total. The first-order chi connectivity index (χ1) is 8.11. The molecule has 0 radical (unpaired) electrons. The number of benzene rings is 1. The average molecular weight is 237 g/mol. The SMILES string of the molecule is CC(C)C(C)OCCCOc1ccccc1N. The monoisotopic (exact) mass is 237 g/mol. The molecule has 17 heavy (non-hydrogen) atoms. The third-order valence-electron chi connectivity index (χ3n) is 2.78. The number of rotatable bonds is 7. The highest BCUT2D eigenvalue weighted by molar-refractivity contribution is 5.51. The van der Waals surface area contributed by atoms with Gasteiger partial charge in [0.15, 0.2) is 0 Å². The summed E-state index contributed by atoms with van der Waals surface area (Å²) in [6, 6.07) is 7.54. The number of hydrogen-bond donors (Lipinski definition) is 1. The summed E-state index contributed by atoms with van der Waals surface area (Å²) >= 11 is 0. The molecule has 0 fully saturated rings. The van der Waals surface area contributed by atoms with Crippen LogP contribution in [0, 0.1) is 5.92 Å². The minimum Gasteiger partial charge on any atom is -0.491 e. The van der Waals surface area contributed by atoms with Gasteiger partial charge in [-0.2, -0.15) is 0 Å². The van der Waals surface area contributed by atoms with E-state index in [4.69, 9.17) is 15.2 Å². The molecule has 0 aliphatic heterocycles. The Morgan fingerprint density at radius 3 is 2.47 bits per heavy atom. The molecular formula is C14H23NO2. The summed E-state index contributed by atoms with van der Waals surface area (Å²) in [6.07, 6.45) is 1.18. The van der Waals surface area contributed by atoms with Crippen LogP contribution in [-0.2, 0) is 4.74 Å². The van der Waals surface area contributed by atoms with Crippen molar-refractivity contribution in [3.8, 4) is 5.75 Å². The fraction of sp³-hybridized carbons (Fsp3) is 0.571. The number of para-hydroxylation sites is 2. The standard InChI is InChI=1S/C14H23NO2/c1-11(2)12(3)16-9-6-10-17-14-8-5-4-7-13(14)15/h4-5,7-8,11-12H,6,9-10,15H2,1-3H3. The second-order valence-corrected chi connectivity index (χ2v) is 4.56. The number of hydrogen-bond acceptors (Lipinski definition) is 3. The smallest absolute Gasteiger partial charge is 0.142 e. The Hall–Kier alpha value is -1.22. The molecule has 1 aromatic carbocycles. The van der Waals surface area contributed by atoms with Crippen molar-refractivity contribution >= 4 is 5.69 Å². The van der Waals surface area contributed by atoms with Crippen molar-refractivity contribution < 1.29 is 9.47 Å². The third kappa shape index (κ3) is 5.09. The van der Waals surface area contributed by atoms with Gasteiger partial charge in [0.05, 0.1) is 25.0 Å². The summed E-state index contributed by atoms with van der Waals surface area (Å²) in [5.74, 6) is 1.31. The molecule has 96 valence electrons. The van der Waals surface area contributed by atoms with E-state index in [1.54, 1.807) is 0 Å². The molecule has 0 aliphatic carbocycles. The molecule has 1 rings (SSSR count). The van der Waals surface area contributed by atoms with Crippen LogP contribution in [0.2, 0.25) is 0 Å². The number of ether oxygens (including phenoxy) is 2. The molecule has 0 aliphatic rings. The molecule has 0 amide bonds. The summed E-state index contributed by atoms with van der Waals surface area (Å²) < 4.78 is 11.2. The van der Waals surface area contributed by atoms with Crippen molar-refractivity contribution in [2.24, 2.45) is 5.92 Å². The van der Waals surface area contributed by atoms with Gasteiger partial charge in [0.2, 0.25) is 0 Å². The molecule has 0 heterocycles. The maximum absolute atomic E-state index is 5.77. The Labute approximate surface area is 104 Å². The fourth-order valence-corrected chi connectivity index (χ4v) is 1.31. The molecule has 1 unspecified atom stereocenters. The van der Waals surface area contributed by atoms with Crippen molar-refractivity contribution in [1.29, 1.82) is 0 Å². The van der Waals surface area contributed by atoms with E-state index in [1.165, 1.54) is 0 Å². The molecule has 0 bridgehead atoms. The lowest BCUT2D eigenvalue weighted by Crippen LogP contribution is -2.17. The Bertz CT molecular complexity index is 326. The van der Waals surface area contributed by atoms with Crippen molar-refractivity contribution in [3.63, 3.8) is 0 Å². The first-order valence-corrected chi connectivity index (χ1v) is 6.20. The lowest BCUT2D eigenvalue weighted by Gasteiger charge is -2.16. The van der Waals surface area contributed by atoms with E-state index in [9.17, 15) is 0 Å². The van der Waals surface area contributed by atoms with Crippen molar-refractivity contribution in [1.82, 2.24) is 0 Å². The van der Waals surface area contributed by atoms with Crippen LogP contribution in [0.4, 0.5) is 5.69 Å². The predicted molar refractivity (Wildman–Crippen MR) is 71.2 cm³/mol. The van der Waals surface area contributed by atoms with Gasteiger partial charge < -0.3 is 15.2 Å². The molecular weight excluding hydrogens is 214 g/mol. The highest BCUT2D eigenvalue weighted by Crippen LogP contribution is 2.19. The Balaban J connectivity index is 2.15. The molecule has 1 aromatic rings. The van der Waals surface area contributed by atoms with Gasteiger partial charge in [-0.05, 0) is 25.0 Å². The summed E-state index contributed by atoms with van der Waals surface area (Å²) in [4.78, 5) is 0. The van der Waals surface area contributed by atoms with Crippen molar-refractivity contribution in [2.45, 2.75) is 33.3 Å². The van der Waals surface area contributed by atoms with Crippen molar-refractivity contribution in [3.05, 3.63) is 24.3 Å². The third-order valence-corrected chi connectivity index (χ3v) is 2.78. The van der Waals surface area contributed by atoms with Crippen molar-refractivity contribution in [2.75, 3.05) is 18.9 Å². The average Bonchev–Trinajstić information content (AvgIpc) is 2.30. The highest BCUT2D eigenvalue weighted by atomic mass is 16.5. The van der Waals surface area contributed by atoms with Crippen LogP contribution in [0.25, 0.3) is 0 Å². The molecule has 0 aromatic heterocycles. The topological polar surface area (TPSA) is 44.5 Å². The highest BCUT2D eigenvalue weighted by Gasteiger charge is 2.06. The summed E-state index contributed by atoms with van der Waals surface area (Å²) in [6.45, 7) is 7.78. The van der Waals surface area contributed by atoms with E-state index >= 15 is 0 Å². The number of anilines is 1. The van der Waals surface area contributed by atoms with Crippen LogP contribution in [0.1, 0.15) is 27.2 Å². The quantitative estimate of drug-likeness (QED) is 0.585. The molecule has 0 spiro atoms. The van der Waals surface area contributed by atoms with Crippen LogP contribution in [0.3, 0.4) is 0 Å². The van der Waals surface area contributed by atoms with Gasteiger partial charge in [-0.3, -0.25) is 0 Å². The van der Waals surface area contributed by atoms with E-state index in [1.807, 2.05) is 24.3 Å². The Morgan fingerprint density at radius 2 is 1.82 bits per heavy atom. The van der Waals surface area contributed by atoms with Gasteiger partial charge in [-0.15, -0.1) is 0 Å². The molecule has 3 nitrogen and oxygen atoms in total. The maximum atomic E-state index is 5.77. The lowest BCUT2D eigenvalue weighted by molar-refractivity contribution is 0.0292. The lowest BCUT2D eigenvalue weighted by atomic mass is 10.1. The van der Waals surface area contributed by atoms with Crippen LogP contribution in [-0.4, -0.2) is 19.3 Å². The van der Waals surface area contributed by atoms with E-state index in [0.717, 1.165) is 18.8 Å². The first kappa shape index (κ1) is 13.8. The molecule has 3 heteroatoms. The van der Waals surface area contributed by atoms with Gasteiger partial charge in [-0.25, -0.2) is 0 Å². The molecule has 0 saturated heterocycles. The second kappa shape index (κ2) is 7.17. The molecule has 1 atom stereocenters. The van der Waals surface area contributed by atoms with E-state index in [-0.39, 0.29) is 0 Å². The zero-order valence-corrected chi connectivity index (χ0v) is 11.0. The van der Waals surface area contributed by atoms with Crippen LogP contribution in [0.15, 0.2) is 24.3 Å². The van der Waals surface area contributed by atoms with Crippen LogP contribution in [0.5, 0.6) is 5.75 Å². The zero-order chi connectivity index (χ0) is 12.7. The number of nitrogen functional groups attached to an aromatic ring is 1. The largest absolute Gasteiger partial charge is 0.491 e. The van der Waals surface area contributed by atoms with Gasteiger partial charge in [0, 0.05) is 6.42 Å². The number of nitrogens with two attached hydrogens (primary N) is 1. The van der Waals surface area contributed by atoms with Crippen LogP contribution < -0.4 is 10.5 Å². The Kier molecular flexibility index (Phi) is 5.84. The maximum Gasteiger partial charge on any atom is 0.142 e. The zero-order valence-electron chi connectivity index (χ0n) is 11.0. The molecule has 0 saturated carbocycles. The minimum absolute atomic E-state index is 0.303. The summed E-state index contributed by atoms with van der Waals surface area (Å²) in [7, 11) is 0. The second-order valence-electron chi connectivity index (χ2n) is 4.56. The minimum atomic E-state index is 0.303. The van der Waals surface area contributed by atoms with Gasteiger partial charge in [0.25, 0.3) is 0 Å². The normalized spacial score (nSPS) is 12.7. The van der Waals surface area contributed by atoms with E-state index in [0.29, 0.717) is 24.3 Å². The van der Waals surface area contributed by atoms with Crippen LogP contribution >= 0.6 is 0 Å². The van der Waals surface area contributed by atoms with E-state index < -0.39 is 0 Å². The summed E-state index contributed by atoms with van der Waals surface area (Å²) in [5, 5.41) is 0. The summed E-state index contributed by atoms with van der Waals surface area (Å²) in [5.41, 5.74) is 6.45. The Morgan fingerprint density at radius 1 is 1.12 bits per heavy atom.